The molecule has 1 aliphatic rings. The first-order chi connectivity index (χ1) is 13.5. The van der Waals surface area contributed by atoms with Crippen molar-refractivity contribution in [3.63, 3.8) is 0 Å². The molecule has 0 bridgehead atoms. The lowest BCUT2D eigenvalue weighted by Gasteiger charge is -2.33. The number of piperidine rings is 1. The number of oxime groups is 1. The summed E-state index contributed by atoms with van der Waals surface area (Å²) in [6, 6.07) is 12.2. The third kappa shape index (κ3) is 4.84. The Balaban J connectivity index is 1.60. The molecule has 0 atom stereocenters. The number of nitrogens with one attached hydrogen (secondary N) is 1. The van der Waals surface area contributed by atoms with E-state index >= 15 is 0 Å². The largest absolute Gasteiger partial charge is 0.409 e. The predicted molar refractivity (Wildman–Crippen MR) is 113 cm³/mol. The normalized spacial score (nSPS) is 15.5. The lowest BCUT2D eigenvalue weighted by molar-refractivity contribution is -0.117. The van der Waals surface area contributed by atoms with Gasteiger partial charge in [0.2, 0.25) is 11.6 Å². The molecule has 3 rings (SSSR count). The summed E-state index contributed by atoms with van der Waals surface area (Å²) in [7, 11) is 0. The molecule has 0 spiro atoms. The smallest absolute Gasteiger partial charge is 0.213 e. The van der Waals surface area contributed by atoms with E-state index in [1.54, 1.807) is 0 Å². The summed E-state index contributed by atoms with van der Waals surface area (Å²) in [5, 5.41) is 20.7. The number of rotatable bonds is 5. The third-order valence-electron chi connectivity index (χ3n) is 4.72. The summed E-state index contributed by atoms with van der Waals surface area (Å²) in [6.07, 6.45) is 1.31. The zero-order valence-electron chi connectivity index (χ0n) is 14.9. The van der Waals surface area contributed by atoms with Crippen LogP contribution in [0.1, 0.15) is 12.8 Å². The summed E-state index contributed by atoms with van der Waals surface area (Å²) >= 11 is 4.30. The maximum atomic E-state index is 13.4. The molecule has 1 saturated heterocycles. The molecule has 0 unspecified atom stereocenters. The Morgan fingerprint density at radius 1 is 1.25 bits per heavy atom. The van der Waals surface area contributed by atoms with E-state index in [9.17, 15) is 14.4 Å². The number of hydrogen-bond donors (Lipinski definition) is 3. The average Bonchev–Trinajstić information content (AvgIpc) is 2.74. The van der Waals surface area contributed by atoms with E-state index < -0.39 is 5.82 Å². The lowest BCUT2D eigenvalue weighted by atomic mass is 9.91. The fraction of sp³-hybridized carbons (Fsp3) is 0.263. The molecule has 1 fully saturated rings. The van der Waals surface area contributed by atoms with Crippen molar-refractivity contribution in [1.29, 1.82) is 0 Å². The standard InChI is InChI=1S/C19H20BrFN4O2S/c20-16-11-13(1-6-17(16)21)23-19(24-27)18(26)12-7-9-25(10-8-12)14-2-4-15(28-22)5-3-14/h1-6,11-12,27H,7-10,22H2,(H,23,24). The number of nitrogens with two attached hydrogens (primary N) is 1. The molecule has 1 aliphatic heterocycles. The fourth-order valence-electron chi connectivity index (χ4n) is 3.18. The summed E-state index contributed by atoms with van der Waals surface area (Å²) in [4.78, 5) is 16.0. The Morgan fingerprint density at radius 3 is 2.50 bits per heavy atom. The van der Waals surface area contributed by atoms with Gasteiger partial charge in [-0.2, -0.15) is 0 Å². The molecule has 6 nitrogen and oxygen atoms in total. The van der Waals surface area contributed by atoms with Gasteiger partial charge in [0.1, 0.15) is 5.82 Å². The zero-order valence-corrected chi connectivity index (χ0v) is 17.3. The number of carbonyl (C=O) groups is 1. The van der Waals surface area contributed by atoms with Gasteiger partial charge in [-0.25, -0.2) is 4.39 Å². The molecular weight excluding hydrogens is 447 g/mol. The highest BCUT2D eigenvalue weighted by molar-refractivity contribution is 9.10. The Kier molecular flexibility index (Phi) is 6.93. The summed E-state index contributed by atoms with van der Waals surface area (Å²) in [5.41, 5.74) is 1.55. The van der Waals surface area contributed by atoms with Crippen LogP contribution in [0.25, 0.3) is 0 Å². The molecule has 4 N–H and O–H groups in total. The highest BCUT2D eigenvalue weighted by Crippen LogP contribution is 2.26. The second kappa shape index (κ2) is 9.40. The number of hydrogen-bond acceptors (Lipinski definition) is 6. The zero-order chi connectivity index (χ0) is 20.1. The van der Waals surface area contributed by atoms with E-state index in [1.165, 1.54) is 30.1 Å². The van der Waals surface area contributed by atoms with Crippen LogP contribution in [0, 0.1) is 11.7 Å². The van der Waals surface area contributed by atoms with Crippen LogP contribution in [0.4, 0.5) is 15.8 Å². The van der Waals surface area contributed by atoms with Crippen molar-refractivity contribution in [1.82, 2.24) is 0 Å². The van der Waals surface area contributed by atoms with Gasteiger partial charge < -0.3 is 15.4 Å². The van der Waals surface area contributed by atoms with Crippen LogP contribution in [-0.2, 0) is 4.79 Å². The van der Waals surface area contributed by atoms with E-state index in [2.05, 4.69) is 31.3 Å². The predicted octanol–water partition coefficient (Wildman–Crippen LogP) is 4.24. The molecule has 28 heavy (non-hydrogen) atoms. The van der Waals surface area contributed by atoms with Crippen molar-refractivity contribution in [2.24, 2.45) is 16.2 Å². The minimum absolute atomic E-state index is 0.138. The number of nitrogens with zero attached hydrogens (tertiary/aromatic N) is 2. The van der Waals surface area contributed by atoms with E-state index in [4.69, 9.17) is 5.14 Å². The van der Waals surface area contributed by atoms with Gasteiger partial charge in [-0.15, -0.1) is 0 Å². The molecule has 0 amide bonds. The third-order valence-corrected chi connectivity index (χ3v) is 5.87. The highest BCUT2D eigenvalue weighted by Gasteiger charge is 2.29. The monoisotopic (exact) mass is 466 g/mol. The molecule has 0 aliphatic carbocycles. The minimum Gasteiger partial charge on any atom is -0.409 e. The Labute approximate surface area is 175 Å². The summed E-state index contributed by atoms with van der Waals surface area (Å²) in [5.74, 6) is -1.04. The average molecular weight is 467 g/mol. The van der Waals surface area contributed by atoms with Gasteiger partial charge in [-0.1, -0.05) is 5.16 Å². The van der Waals surface area contributed by atoms with Gasteiger partial charge in [0, 0.05) is 35.3 Å². The van der Waals surface area contributed by atoms with Crippen molar-refractivity contribution in [3.8, 4) is 0 Å². The molecule has 1 heterocycles. The van der Waals surface area contributed by atoms with Crippen molar-refractivity contribution < 1.29 is 14.4 Å². The first-order valence-corrected chi connectivity index (χ1v) is 10.4. The molecule has 0 saturated carbocycles. The highest BCUT2D eigenvalue weighted by atomic mass is 79.9. The topological polar surface area (TPSA) is 91.0 Å². The van der Waals surface area contributed by atoms with Gasteiger partial charge in [-0.3, -0.25) is 9.93 Å². The first kappa shape index (κ1) is 20.6. The SMILES string of the molecule is NSc1ccc(N2CCC(C(=O)/C(=N/O)Nc3ccc(F)c(Br)c3)CC2)cc1. The van der Waals surface area contributed by atoms with Gasteiger partial charge in [0.05, 0.1) is 4.47 Å². The van der Waals surface area contributed by atoms with Crippen LogP contribution >= 0.6 is 27.9 Å². The molecule has 9 heteroatoms. The number of amidine groups is 1. The van der Waals surface area contributed by atoms with E-state index in [0.29, 0.717) is 18.5 Å². The maximum absolute atomic E-state index is 13.4. The lowest BCUT2D eigenvalue weighted by Crippen LogP contribution is -2.40. The van der Waals surface area contributed by atoms with Crippen LogP contribution in [0.2, 0.25) is 0 Å². The van der Waals surface area contributed by atoms with Crippen LogP contribution in [0.5, 0.6) is 0 Å². The molecular formula is C19H20BrFN4O2S. The summed E-state index contributed by atoms with van der Waals surface area (Å²) < 4.78 is 13.6. The number of carbonyl (C=O) groups excluding carboxylic acids is 1. The van der Waals surface area contributed by atoms with Crippen LogP contribution in [0.3, 0.4) is 0 Å². The van der Waals surface area contributed by atoms with E-state index in [-0.39, 0.29) is 22.0 Å². The molecule has 0 radical (unpaired) electrons. The molecule has 2 aromatic carbocycles. The van der Waals surface area contributed by atoms with Gasteiger partial charge in [0.25, 0.3) is 0 Å². The maximum Gasteiger partial charge on any atom is 0.213 e. The van der Waals surface area contributed by atoms with Crippen LogP contribution < -0.4 is 15.4 Å². The van der Waals surface area contributed by atoms with Crippen molar-refractivity contribution >= 4 is 50.9 Å². The Bertz CT molecular complexity index is 871. The number of halogens is 2. The quantitative estimate of drug-likeness (QED) is 0.200. The van der Waals surface area contributed by atoms with E-state index in [1.807, 2.05) is 24.3 Å². The fourth-order valence-corrected chi connectivity index (χ4v) is 3.85. The van der Waals surface area contributed by atoms with Crippen LogP contribution in [-0.4, -0.2) is 29.9 Å². The second-order valence-corrected chi connectivity index (χ2v) is 8.00. The second-order valence-electron chi connectivity index (χ2n) is 6.44. The van der Waals surface area contributed by atoms with Gasteiger partial charge >= 0.3 is 0 Å². The Morgan fingerprint density at radius 2 is 1.93 bits per heavy atom. The van der Waals surface area contributed by atoms with E-state index in [0.717, 1.165) is 23.7 Å². The molecule has 148 valence electrons. The van der Waals surface area contributed by atoms with Crippen molar-refractivity contribution in [2.75, 3.05) is 23.3 Å². The number of Topliss-reactive ketones (excluding diaryl/α,β-unsaturated/α-hetero) is 1. The number of ketones is 1. The molecule has 2 aromatic rings. The van der Waals surface area contributed by atoms with Gasteiger partial charge in [-0.05, 0) is 83.2 Å². The number of benzene rings is 2. The first-order valence-electron chi connectivity index (χ1n) is 8.72. The van der Waals surface area contributed by atoms with Gasteiger partial charge in [0.15, 0.2) is 0 Å². The number of anilines is 2. The summed E-state index contributed by atoms with van der Waals surface area (Å²) in [6.45, 7) is 1.46. The van der Waals surface area contributed by atoms with Crippen LogP contribution in [0.15, 0.2) is 57.0 Å². The minimum atomic E-state index is -0.412. The molecule has 0 aromatic heterocycles. The van der Waals surface area contributed by atoms with Crippen molar-refractivity contribution in [3.05, 3.63) is 52.8 Å². The van der Waals surface area contributed by atoms with Crippen molar-refractivity contribution in [2.45, 2.75) is 17.7 Å². The Hall–Kier alpha value is -2.10.